The summed E-state index contributed by atoms with van der Waals surface area (Å²) in [6.45, 7) is 1.99. The monoisotopic (exact) mass is 309 g/mol. The maximum atomic E-state index is 12.1. The van der Waals surface area contributed by atoms with Crippen molar-refractivity contribution in [1.29, 1.82) is 0 Å². The molecule has 0 unspecified atom stereocenters. The molecular formula is C17H15N3O3. The van der Waals surface area contributed by atoms with E-state index in [4.69, 9.17) is 10.5 Å². The Kier molecular flexibility index (Phi) is 3.80. The molecule has 0 aromatic carbocycles. The Hall–Kier alpha value is -3.15. The lowest BCUT2D eigenvalue weighted by molar-refractivity contribution is 0.0529. The predicted molar refractivity (Wildman–Crippen MR) is 85.1 cm³/mol. The number of hydrogen-bond acceptors (Lipinski definition) is 4. The van der Waals surface area contributed by atoms with Crippen LogP contribution in [0.25, 0.3) is 16.6 Å². The highest BCUT2D eigenvalue weighted by molar-refractivity contribution is 6.03. The quantitative estimate of drug-likeness (QED) is 0.749. The summed E-state index contributed by atoms with van der Waals surface area (Å²) < 4.78 is 6.66. The largest absolute Gasteiger partial charge is 0.462 e. The number of hydrogen-bond donors (Lipinski definition) is 1. The molecular weight excluding hydrogens is 294 g/mol. The van der Waals surface area contributed by atoms with Crippen LogP contribution in [0.5, 0.6) is 0 Å². The van der Waals surface area contributed by atoms with Crippen LogP contribution in [0.3, 0.4) is 0 Å². The number of carbonyl (C=O) groups is 2. The second-order valence-electron chi connectivity index (χ2n) is 4.93. The van der Waals surface area contributed by atoms with Crippen molar-refractivity contribution in [1.82, 2.24) is 9.38 Å². The number of esters is 1. The van der Waals surface area contributed by atoms with Gasteiger partial charge in [-0.1, -0.05) is 0 Å². The number of fused-ring (bicyclic) bond motifs is 1. The van der Waals surface area contributed by atoms with Gasteiger partial charge in [0.05, 0.1) is 17.7 Å². The molecule has 116 valence electrons. The molecule has 0 bridgehead atoms. The second-order valence-corrected chi connectivity index (χ2v) is 4.93. The van der Waals surface area contributed by atoms with Crippen LogP contribution in [-0.2, 0) is 4.74 Å². The van der Waals surface area contributed by atoms with E-state index in [2.05, 4.69) is 4.98 Å². The van der Waals surface area contributed by atoms with Crippen molar-refractivity contribution in [2.24, 2.45) is 5.73 Å². The first-order chi connectivity index (χ1) is 11.1. The predicted octanol–water partition coefficient (Wildman–Crippen LogP) is 2.28. The molecule has 0 fully saturated rings. The smallest absolute Gasteiger partial charge is 0.340 e. The topological polar surface area (TPSA) is 86.7 Å². The fraction of sp³-hybridized carbons (Fsp3) is 0.118. The minimum atomic E-state index is -0.604. The van der Waals surface area contributed by atoms with E-state index in [1.807, 2.05) is 24.3 Å². The van der Waals surface area contributed by atoms with Crippen molar-refractivity contribution in [3.8, 4) is 11.1 Å². The van der Waals surface area contributed by atoms with Crippen LogP contribution in [0, 0.1) is 0 Å². The van der Waals surface area contributed by atoms with Gasteiger partial charge in [-0.15, -0.1) is 0 Å². The van der Waals surface area contributed by atoms with Gasteiger partial charge in [-0.25, -0.2) is 4.79 Å². The summed E-state index contributed by atoms with van der Waals surface area (Å²) in [7, 11) is 0. The molecule has 23 heavy (non-hydrogen) atoms. The molecule has 3 aromatic rings. The molecule has 6 nitrogen and oxygen atoms in total. The molecule has 0 radical (unpaired) electrons. The molecule has 0 aliphatic rings. The summed E-state index contributed by atoms with van der Waals surface area (Å²) in [5.41, 5.74) is 8.39. The first-order valence-electron chi connectivity index (χ1n) is 7.14. The van der Waals surface area contributed by atoms with E-state index < -0.39 is 11.9 Å². The van der Waals surface area contributed by atoms with Crippen molar-refractivity contribution in [3.63, 3.8) is 0 Å². The van der Waals surface area contributed by atoms with E-state index in [0.717, 1.165) is 11.1 Å². The first-order valence-corrected chi connectivity index (χ1v) is 7.14. The van der Waals surface area contributed by atoms with Crippen LogP contribution in [0.15, 0.2) is 48.9 Å². The highest BCUT2D eigenvalue weighted by Gasteiger charge is 2.19. The number of nitrogens with zero attached hydrogens (tertiary/aromatic N) is 2. The Morgan fingerprint density at radius 2 is 1.91 bits per heavy atom. The zero-order chi connectivity index (χ0) is 16.4. The number of aromatic nitrogens is 2. The minimum absolute atomic E-state index is 0.240. The van der Waals surface area contributed by atoms with Crippen molar-refractivity contribution < 1.29 is 14.3 Å². The van der Waals surface area contributed by atoms with E-state index in [9.17, 15) is 9.59 Å². The molecule has 0 atom stereocenters. The average Bonchev–Trinajstić information content (AvgIpc) is 2.95. The lowest BCUT2D eigenvalue weighted by Crippen LogP contribution is -2.13. The number of amides is 1. The number of primary amides is 1. The Morgan fingerprint density at radius 3 is 2.57 bits per heavy atom. The van der Waals surface area contributed by atoms with E-state index >= 15 is 0 Å². The van der Waals surface area contributed by atoms with Gasteiger partial charge in [0.2, 0.25) is 0 Å². The fourth-order valence-corrected chi connectivity index (χ4v) is 2.48. The van der Waals surface area contributed by atoms with E-state index in [1.54, 1.807) is 29.9 Å². The number of nitrogens with two attached hydrogens (primary N) is 1. The summed E-state index contributed by atoms with van der Waals surface area (Å²) in [5.74, 6) is -1.09. The minimum Gasteiger partial charge on any atom is -0.462 e. The zero-order valence-corrected chi connectivity index (χ0v) is 12.5. The van der Waals surface area contributed by atoms with E-state index in [1.165, 1.54) is 6.07 Å². The standard InChI is InChI=1S/C17H15N3O3/c1-2-23-17(22)13-10-15(16(18)21)20-8-5-12(9-14(13)20)11-3-6-19-7-4-11/h3-10H,2H2,1H3,(H2,18,21). The van der Waals surface area contributed by atoms with Crippen LogP contribution in [-0.4, -0.2) is 27.9 Å². The van der Waals surface area contributed by atoms with Gasteiger partial charge in [-0.3, -0.25) is 9.78 Å². The molecule has 0 saturated heterocycles. The SMILES string of the molecule is CCOC(=O)c1cc(C(N)=O)n2ccc(-c3ccncc3)cc12. The Morgan fingerprint density at radius 1 is 1.17 bits per heavy atom. The summed E-state index contributed by atoms with van der Waals surface area (Å²) in [6.07, 6.45) is 5.10. The summed E-state index contributed by atoms with van der Waals surface area (Å²) >= 11 is 0. The van der Waals surface area contributed by atoms with Crippen molar-refractivity contribution in [3.05, 3.63) is 60.2 Å². The van der Waals surface area contributed by atoms with Gasteiger partial charge >= 0.3 is 5.97 Å². The average molecular weight is 309 g/mol. The number of pyridine rings is 2. The Bertz CT molecular complexity index is 885. The third-order valence-corrected chi connectivity index (χ3v) is 3.53. The van der Waals surface area contributed by atoms with Gasteiger partial charge in [0.25, 0.3) is 5.91 Å². The molecule has 3 aromatic heterocycles. The van der Waals surface area contributed by atoms with Gasteiger partial charge in [0, 0.05) is 18.6 Å². The van der Waals surface area contributed by atoms with Crippen molar-refractivity contribution >= 4 is 17.4 Å². The van der Waals surface area contributed by atoms with Gasteiger partial charge in [0.1, 0.15) is 5.69 Å². The number of ether oxygens (including phenoxy) is 1. The van der Waals surface area contributed by atoms with Crippen molar-refractivity contribution in [2.45, 2.75) is 6.92 Å². The van der Waals surface area contributed by atoms with Crippen LogP contribution >= 0.6 is 0 Å². The Labute approximate surface area is 132 Å². The number of rotatable bonds is 4. The third kappa shape index (κ3) is 2.66. The first kappa shape index (κ1) is 14.8. The normalized spacial score (nSPS) is 10.7. The zero-order valence-electron chi connectivity index (χ0n) is 12.5. The highest BCUT2D eigenvalue weighted by atomic mass is 16.5. The molecule has 2 N–H and O–H groups in total. The Balaban J connectivity index is 2.22. The molecule has 3 heterocycles. The lowest BCUT2D eigenvalue weighted by Gasteiger charge is -2.05. The summed E-state index contributed by atoms with van der Waals surface area (Å²) in [5, 5.41) is 0. The molecule has 3 rings (SSSR count). The van der Waals surface area contributed by atoms with Gasteiger partial charge in [-0.2, -0.15) is 0 Å². The molecule has 0 aliphatic carbocycles. The summed E-state index contributed by atoms with van der Waals surface area (Å²) in [6, 6.07) is 8.88. The molecule has 1 amide bonds. The van der Waals surface area contributed by atoms with Gasteiger partial charge < -0.3 is 14.9 Å². The van der Waals surface area contributed by atoms with E-state index in [0.29, 0.717) is 11.1 Å². The second kappa shape index (κ2) is 5.92. The van der Waals surface area contributed by atoms with Gasteiger partial charge in [-0.05, 0) is 48.4 Å². The van der Waals surface area contributed by atoms with Crippen LogP contribution < -0.4 is 5.73 Å². The van der Waals surface area contributed by atoms with Crippen LogP contribution in [0.2, 0.25) is 0 Å². The number of carbonyl (C=O) groups excluding carboxylic acids is 2. The van der Waals surface area contributed by atoms with E-state index in [-0.39, 0.29) is 12.3 Å². The molecule has 6 heteroatoms. The highest BCUT2D eigenvalue weighted by Crippen LogP contribution is 2.25. The lowest BCUT2D eigenvalue weighted by atomic mass is 10.1. The van der Waals surface area contributed by atoms with Crippen LogP contribution in [0.1, 0.15) is 27.8 Å². The maximum absolute atomic E-state index is 12.1. The third-order valence-electron chi connectivity index (χ3n) is 3.53. The maximum Gasteiger partial charge on any atom is 0.340 e. The fourth-order valence-electron chi connectivity index (χ4n) is 2.48. The van der Waals surface area contributed by atoms with Gasteiger partial charge in [0.15, 0.2) is 0 Å². The molecule has 0 aliphatic heterocycles. The van der Waals surface area contributed by atoms with Crippen LogP contribution in [0.4, 0.5) is 0 Å². The molecule has 0 spiro atoms. The molecule has 0 saturated carbocycles. The van der Waals surface area contributed by atoms with Crippen molar-refractivity contribution in [2.75, 3.05) is 6.61 Å². The summed E-state index contributed by atoms with van der Waals surface area (Å²) in [4.78, 5) is 27.7.